The van der Waals surface area contributed by atoms with E-state index in [1.807, 2.05) is 0 Å². The minimum Gasteiger partial charge on any atom is -0.365 e. The Labute approximate surface area is 80.1 Å². The molecule has 2 unspecified atom stereocenters. The molecule has 1 saturated heterocycles. The Bertz CT molecular complexity index is 152. The summed E-state index contributed by atoms with van der Waals surface area (Å²) < 4.78 is 21.2. The molecule has 1 aliphatic rings. The lowest BCUT2D eigenvalue weighted by atomic mass is 10.3. The van der Waals surface area contributed by atoms with Crippen molar-refractivity contribution in [2.75, 3.05) is 27.5 Å². The molecule has 0 saturated carbocycles. The highest BCUT2D eigenvalue weighted by Crippen LogP contribution is 2.62. The van der Waals surface area contributed by atoms with Crippen LogP contribution in [0.25, 0.3) is 0 Å². The van der Waals surface area contributed by atoms with E-state index >= 15 is 0 Å². The van der Waals surface area contributed by atoms with E-state index in [0.29, 0.717) is 6.10 Å². The highest BCUT2D eigenvalue weighted by Gasteiger charge is 2.52. The van der Waals surface area contributed by atoms with Gasteiger partial charge in [-0.1, -0.05) is 6.92 Å². The predicted molar refractivity (Wildman–Crippen MR) is 51.8 cm³/mol. The van der Waals surface area contributed by atoms with Crippen molar-refractivity contribution >= 4 is 7.94 Å². The van der Waals surface area contributed by atoms with Crippen LogP contribution in [0.1, 0.15) is 13.3 Å². The molecule has 1 rings (SSSR count). The van der Waals surface area contributed by atoms with Gasteiger partial charge in [0.05, 0.1) is 27.4 Å². The molecule has 0 radical (unpaired) electrons. The van der Waals surface area contributed by atoms with Crippen molar-refractivity contribution in [3.8, 4) is 0 Å². The van der Waals surface area contributed by atoms with Gasteiger partial charge in [0.1, 0.15) is 6.10 Å². The van der Waals surface area contributed by atoms with E-state index < -0.39 is 7.94 Å². The van der Waals surface area contributed by atoms with Crippen molar-refractivity contribution in [2.24, 2.45) is 0 Å². The van der Waals surface area contributed by atoms with E-state index in [1.54, 1.807) is 21.3 Å². The highest BCUT2D eigenvalue weighted by atomic mass is 31.2. The Hall–Kier alpha value is 0.270. The summed E-state index contributed by atoms with van der Waals surface area (Å²) in [5.74, 6) is 0. The normalized spacial score (nSPS) is 27.7. The number of epoxide rings is 1. The molecule has 0 aromatic carbocycles. The van der Waals surface area contributed by atoms with Crippen molar-refractivity contribution in [3.05, 3.63) is 0 Å². The van der Waals surface area contributed by atoms with E-state index in [4.69, 9.17) is 18.3 Å². The topological polar surface area (TPSA) is 40.2 Å². The lowest BCUT2D eigenvalue weighted by Gasteiger charge is -2.15. The van der Waals surface area contributed by atoms with Crippen LogP contribution in [0.4, 0.5) is 0 Å². The molecule has 0 aromatic rings. The molecule has 1 fully saturated rings. The van der Waals surface area contributed by atoms with Crippen LogP contribution < -0.4 is 0 Å². The van der Waals surface area contributed by atoms with Crippen molar-refractivity contribution in [3.63, 3.8) is 0 Å². The fourth-order valence-corrected chi connectivity index (χ4v) is 3.02. The molecule has 1 aliphatic heterocycles. The van der Waals surface area contributed by atoms with E-state index in [9.17, 15) is 0 Å². The maximum absolute atomic E-state index is 5.41. The van der Waals surface area contributed by atoms with Crippen molar-refractivity contribution < 1.29 is 18.3 Å². The van der Waals surface area contributed by atoms with Gasteiger partial charge >= 0.3 is 7.94 Å². The Morgan fingerprint density at radius 1 is 1.08 bits per heavy atom. The van der Waals surface area contributed by atoms with Gasteiger partial charge in [-0.25, -0.2) is 0 Å². The zero-order valence-electron chi connectivity index (χ0n) is 8.65. The van der Waals surface area contributed by atoms with Gasteiger partial charge in [-0.15, -0.1) is 0 Å². The van der Waals surface area contributed by atoms with Gasteiger partial charge in [0, 0.05) is 0 Å². The molecule has 0 N–H and O–H groups in total. The van der Waals surface area contributed by atoms with Gasteiger partial charge in [-0.2, -0.15) is 13.6 Å². The zero-order chi connectivity index (χ0) is 9.90. The fraction of sp³-hybridized carbons (Fsp3) is 1.00. The minimum absolute atomic E-state index is 0.262. The van der Waals surface area contributed by atoms with Crippen LogP contribution >= 0.6 is 7.94 Å². The van der Waals surface area contributed by atoms with Crippen LogP contribution in [0, 0.1) is 0 Å². The first-order valence-corrected chi connectivity index (χ1v) is 6.14. The highest BCUT2D eigenvalue weighted by molar-refractivity contribution is 7.61. The number of ether oxygens (including phenoxy) is 1. The SMILES string of the molecule is CCC1OC1C[P+](OC)(OC)OC. The molecule has 0 aliphatic carbocycles. The molecule has 5 heteroatoms. The third-order valence-corrected chi connectivity index (χ3v) is 4.80. The van der Waals surface area contributed by atoms with Gasteiger partial charge in [-0.3, -0.25) is 0 Å². The predicted octanol–water partition coefficient (Wildman–Crippen LogP) is 1.87. The average molecular weight is 209 g/mol. The molecule has 2 atom stereocenters. The maximum Gasteiger partial charge on any atom is 0.413 e. The molecular formula is C8H18O4P+. The van der Waals surface area contributed by atoms with Crippen LogP contribution in [0.2, 0.25) is 0 Å². The lowest BCUT2D eigenvalue weighted by molar-refractivity contribution is 0.207. The molecule has 1 heterocycles. The summed E-state index contributed by atoms with van der Waals surface area (Å²) in [5.41, 5.74) is 0. The largest absolute Gasteiger partial charge is 0.413 e. The minimum atomic E-state index is -2.11. The monoisotopic (exact) mass is 209 g/mol. The Balaban J connectivity index is 2.39. The first-order valence-electron chi connectivity index (χ1n) is 4.42. The third kappa shape index (κ3) is 2.61. The van der Waals surface area contributed by atoms with Crippen LogP contribution in [0.5, 0.6) is 0 Å². The van der Waals surface area contributed by atoms with Crippen molar-refractivity contribution in [2.45, 2.75) is 25.6 Å². The number of hydrogen-bond acceptors (Lipinski definition) is 4. The summed E-state index contributed by atoms with van der Waals surface area (Å²) >= 11 is 0. The summed E-state index contributed by atoms with van der Waals surface area (Å²) in [6.45, 7) is 2.11. The van der Waals surface area contributed by atoms with Crippen molar-refractivity contribution in [1.29, 1.82) is 0 Å². The van der Waals surface area contributed by atoms with Crippen molar-refractivity contribution in [1.82, 2.24) is 0 Å². The lowest BCUT2D eigenvalue weighted by Crippen LogP contribution is -2.11. The molecule has 4 nitrogen and oxygen atoms in total. The van der Waals surface area contributed by atoms with Crippen LogP contribution in [0.3, 0.4) is 0 Å². The second-order valence-corrected chi connectivity index (χ2v) is 5.64. The second kappa shape index (κ2) is 4.67. The van der Waals surface area contributed by atoms with Crippen LogP contribution in [-0.2, 0) is 18.3 Å². The fourth-order valence-electron chi connectivity index (χ4n) is 1.37. The molecule has 0 aromatic heterocycles. The van der Waals surface area contributed by atoms with Gasteiger partial charge in [0.25, 0.3) is 0 Å². The maximum atomic E-state index is 5.41. The Morgan fingerprint density at radius 3 is 1.92 bits per heavy atom. The van der Waals surface area contributed by atoms with Gasteiger partial charge in [0.2, 0.25) is 0 Å². The van der Waals surface area contributed by atoms with E-state index in [-0.39, 0.29) is 6.10 Å². The standard InChI is InChI=1S/C8H18O4P/c1-5-7-8(12-7)6-13(9-2,10-3)11-4/h7-8H,5-6H2,1-4H3/q+1. The summed E-state index contributed by atoms with van der Waals surface area (Å²) in [4.78, 5) is 0. The smallest absolute Gasteiger partial charge is 0.365 e. The summed E-state index contributed by atoms with van der Waals surface area (Å²) in [5, 5.41) is 0. The Morgan fingerprint density at radius 2 is 1.62 bits per heavy atom. The summed E-state index contributed by atoms with van der Waals surface area (Å²) in [6, 6.07) is 0. The average Bonchev–Trinajstić information content (AvgIpc) is 2.93. The molecule has 0 bridgehead atoms. The number of hydrogen-bond donors (Lipinski definition) is 0. The molecule has 0 spiro atoms. The van der Waals surface area contributed by atoms with Gasteiger partial charge in [0.15, 0.2) is 6.16 Å². The van der Waals surface area contributed by atoms with E-state index in [2.05, 4.69) is 6.92 Å². The quantitative estimate of drug-likeness (QED) is 0.494. The van der Waals surface area contributed by atoms with E-state index in [0.717, 1.165) is 12.6 Å². The van der Waals surface area contributed by atoms with Crippen LogP contribution in [-0.4, -0.2) is 39.7 Å². The first-order chi connectivity index (χ1) is 6.21. The van der Waals surface area contributed by atoms with Gasteiger partial charge < -0.3 is 4.74 Å². The summed E-state index contributed by atoms with van der Waals surface area (Å²) in [6.07, 6.45) is 2.41. The van der Waals surface area contributed by atoms with Crippen LogP contribution in [0.15, 0.2) is 0 Å². The van der Waals surface area contributed by atoms with E-state index in [1.165, 1.54) is 0 Å². The van der Waals surface area contributed by atoms with Gasteiger partial charge in [-0.05, 0) is 6.42 Å². The first kappa shape index (κ1) is 11.3. The Kier molecular flexibility index (Phi) is 4.07. The molecule has 0 amide bonds. The molecule has 78 valence electrons. The molecule has 13 heavy (non-hydrogen) atoms. The molecular weight excluding hydrogens is 191 g/mol. The third-order valence-electron chi connectivity index (χ3n) is 2.33. The zero-order valence-corrected chi connectivity index (χ0v) is 9.54. The number of rotatable bonds is 6. The summed E-state index contributed by atoms with van der Waals surface area (Å²) in [7, 11) is 2.74. The second-order valence-electron chi connectivity index (χ2n) is 2.96.